The molecule has 0 aliphatic heterocycles. The van der Waals surface area contributed by atoms with Crippen LogP contribution in [0.15, 0.2) is 46.9 Å². The average molecular weight is 291 g/mol. The van der Waals surface area contributed by atoms with E-state index in [-0.39, 0.29) is 0 Å². The summed E-state index contributed by atoms with van der Waals surface area (Å²) < 4.78 is 0.750. The summed E-state index contributed by atoms with van der Waals surface area (Å²) in [4.78, 5) is 0. The standard InChI is InChI=1S/C15H15BrO/c1-2-11-6-8-12(9-7-11)10-13-4-3-5-14(16)15(13)17/h3-9,17H,2,10H2,1H3. The number of aryl methyl sites for hydroxylation is 1. The summed E-state index contributed by atoms with van der Waals surface area (Å²) in [5, 5.41) is 9.91. The minimum absolute atomic E-state index is 0.340. The maximum absolute atomic E-state index is 9.91. The Labute approximate surface area is 110 Å². The van der Waals surface area contributed by atoms with Crippen LogP contribution in [0.5, 0.6) is 5.75 Å². The van der Waals surface area contributed by atoms with Gasteiger partial charge in [-0.3, -0.25) is 0 Å². The van der Waals surface area contributed by atoms with Gasteiger partial charge in [-0.2, -0.15) is 0 Å². The molecule has 0 fully saturated rings. The molecule has 2 rings (SSSR count). The van der Waals surface area contributed by atoms with Crippen LogP contribution >= 0.6 is 15.9 Å². The Kier molecular flexibility index (Phi) is 3.85. The summed E-state index contributed by atoms with van der Waals surface area (Å²) in [7, 11) is 0. The van der Waals surface area contributed by atoms with E-state index < -0.39 is 0 Å². The van der Waals surface area contributed by atoms with Gasteiger partial charge in [-0.25, -0.2) is 0 Å². The third kappa shape index (κ3) is 2.89. The molecule has 0 atom stereocenters. The van der Waals surface area contributed by atoms with Crippen LogP contribution in [0.3, 0.4) is 0 Å². The molecule has 88 valence electrons. The van der Waals surface area contributed by atoms with E-state index >= 15 is 0 Å². The molecule has 0 amide bonds. The molecule has 1 nitrogen and oxygen atoms in total. The molecule has 0 saturated carbocycles. The van der Waals surface area contributed by atoms with Gasteiger partial charge in [-0.05, 0) is 45.1 Å². The Morgan fingerprint density at radius 1 is 1.00 bits per heavy atom. The molecule has 0 aliphatic carbocycles. The molecule has 0 bridgehead atoms. The Balaban J connectivity index is 2.22. The first-order valence-electron chi connectivity index (χ1n) is 5.75. The second-order valence-corrected chi connectivity index (χ2v) is 4.95. The third-order valence-corrected chi connectivity index (χ3v) is 3.54. The number of para-hydroxylation sites is 1. The molecule has 2 heteroatoms. The molecule has 1 N–H and O–H groups in total. The Hall–Kier alpha value is -1.28. The highest BCUT2D eigenvalue weighted by Gasteiger charge is 2.05. The van der Waals surface area contributed by atoms with Gasteiger partial charge in [0.1, 0.15) is 5.75 Å². The van der Waals surface area contributed by atoms with Crippen molar-refractivity contribution in [2.75, 3.05) is 0 Å². The lowest BCUT2D eigenvalue weighted by Crippen LogP contribution is -1.90. The predicted molar refractivity (Wildman–Crippen MR) is 74.4 cm³/mol. The van der Waals surface area contributed by atoms with Crippen LogP contribution in [0, 0.1) is 0 Å². The van der Waals surface area contributed by atoms with Crippen molar-refractivity contribution in [3.05, 3.63) is 63.6 Å². The summed E-state index contributed by atoms with van der Waals surface area (Å²) in [5.41, 5.74) is 3.51. The molecule has 2 aromatic carbocycles. The van der Waals surface area contributed by atoms with E-state index in [4.69, 9.17) is 0 Å². The Morgan fingerprint density at radius 3 is 2.29 bits per heavy atom. The second-order valence-electron chi connectivity index (χ2n) is 4.09. The van der Waals surface area contributed by atoms with Gasteiger partial charge < -0.3 is 5.11 Å². The molecule has 0 aliphatic rings. The van der Waals surface area contributed by atoms with E-state index in [0.29, 0.717) is 5.75 Å². The zero-order chi connectivity index (χ0) is 12.3. The first kappa shape index (κ1) is 12.2. The van der Waals surface area contributed by atoms with Gasteiger partial charge >= 0.3 is 0 Å². The van der Waals surface area contributed by atoms with Crippen LogP contribution in [0.1, 0.15) is 23.6 Å². The smallest absolute Gasteiger partial charge is 0.133 e. The molecule has 0 spiro atoms. The highest BCUT2D eigenvalue weighted by Crippen LogP contribution is 2.29. The van der Waals surface area contributed by atoms with Gasteiger partial charge in [0.2, 0.25) is 0 Å². The predicted octanol–water partition coefficient (Wildman–Crippen LogP) is 4.31. The lowest BCUT2D eigenvalue weighted by Gasteiger charge is -2.07. The number of aromatic hydroxyl groups is 1. The van der Waals surface area contributed by atoms with Gasteiger partial charge in [-0.1, -0.05) is 43.3 Å². The normalized spacial score (nSPS) is 10.5. The molecule has 0 saturated heterocycles. The van der Waals surface area contributed by atoms with Crippen LogP contribution in [-0.2, 0) is 12.8 Å². The maximum atomic E-state index is 9.91. The van der Waals surface area contributed by atoms with Gasteiger partial charge in [-0.15, -0.1) is 0 Å². The number of halogens is 1. The minimum Gasteiger partial charge on any atom is -0.506 e. The number of phenolic OH excluding ortho intramolecular Hbond substituents is 1. The van der Waals surface area contributed by atoms with Crippen LogP contribution in [0.25, 0.3) is 0 Å². The van der Waals surface area contributed by atoms with Crippen LogP contribution in [0.4, 0.5) is 0 Å². The van der Waals surface area contributed by atoms with Crippen LogP contribution in [0.2, 0.25) is 0 Å². The molecule has 17 heavy (non-hydrogen) atoms. The second kappa shape index (κ2) is 5.37. The molecule has 0 aromatic heterocycles. The average Bonchev–Trinajstić information content (AvgIpc) is 2.36. The van der Waals surface area contributed by atoms with Crippen molar-refractivity contribution in [1.29, 1.82) is 0 Å². The van der Waals surface area contributed by atoms with Crippen LogP contribution in [-0.4, -0.2) is 5.11 Å². The monoisotopic (exact) mass is 290 g/mol. The van der Waals surface area contributed by atoms with E-state index in [0.717, 1.165) is 22.9 Å². The van der Waals surface area contributed by atoms with Crippen LogP contribution < -0.4 is 0 Å². The largest absolute Gasteiger partial charge is 0.506 e. The van der Waals surface area contributed by atoms with E-state index in [1.807, 2.05) is 18.2 Å². The van der Waals surface area contributed by atoms with Crippen molar-refractivity contribution in [2.24, 2.45) is 0 Å². The first-order chi connectivity index (χ1) is 8.20. The van der Waals surface area contributed by atoms with Crippen molar-refractivity contribution in [1.82, 2.24) is 0 Å². The summed E-state index contributed by atoms with van der Waals surface area (Å²) in [5.74, 6) is 0.340. The van der Waals surface area contributed by atoms with Crippen molar-refractivity contribution in [2.45, 2.75) is 19.8 Å². The molecule has 2 aromatic rings. The fourth-order valence-corrected chi connectivity index (χ4v) is 2.22. The van der Waals surface area contributed by atoms with Crippen molar-refractivity contribution >= 4 is 15.9 Å². The lowest BCUT2D eigenvalue weighted by molar-refractivity contribution is 0.466. The van der Waals surface area contributed by atoms with Gasteiger partial charge in [0.05, 0.1) is 4.47 Å². The van der Waals surface area contributed by atoms with Crippen molar-refractivity contribution in [3.63, 3.8) is 0 Å². The number of rotatable bonds is 3. The topological polar surface area (TPSA) is 20.2 Å². The molecular formula is C15H15BrO. The highest BCUT2D eigenvalue weighted by atomic mass is 79.9. The molecule has 0 unspecified atom stereocenters. The Bertz CT molecular complexity index is 503. The van der Waals surface area contributed by atoms with Gasteiger partial charge in [0.15, 0.2) is 0 Å². The molecular weight excluding hydrogens is 276 g/mol. The number of hydrogen-bond acceptors (Lipinski definition) is 1. The summed E-state index contributed by atoms with van der Waals surface area (Å²) in [6.45, 7) is 2.15. The Morgan fingerprint density at radius 2 is 1.65 bits per heavy atom. The van der Waals surface area contributed by atoms with Crippen molar-refractivity contribution < 1.29 is 5.11 Å². The fourth-order valence-electron chi connectivity index (χ4n) is 1.82. The third-order valence-electron chi connectivity index (χ3n) is 2.90. The van der Waals surface area contributed by atoms with Gasteiger partial charge in [0.25, 0.3) is 0 Å². The van der Waals surface area contributed by atoms with Gasteiger partial charge in [0, 0.05) is 6.42 Å². The zero-order valence-corrected chi connectivity index (χ0v) is 11.4. The maximum Gasteiger partial charge on any atom is 0.133 e. The highest BCUT2D eigenvalue weighted by molar-refractivity contribution is 9.10. The van der Waals surface area contributed by atoms with E-state index in [1.54, 1.807) is 0 Å². The summed E-state index contributed by atoms with van der Waals surface area (Å²) >= 11 is 3.33. The van der Waals surface area contributed by atoms with E-state index in [1.165, 1.54) is 11.1 Å². The lowest BCUT2D eigenvalue weighted by atomic mass is 10.0. The molecule has 0 radical (unpaired) electrons. The summed E-state index contributed by atoms with van der Waals surface area (Å²) in [6, 6.07) is 14.3. The number of phenols is 1. The molecule has 0 heterocycles. The number of benzene rings is 2. The minimum atomic E-state index is 0.340. The van der Waals surface area contributed by atoms with Crippen molar-refractivity contribution in [3.8, 4) is 5.75 Å². The van der Waals surface area contributed by atoms with E-state index in [9.17, 15) is 5.11 Å². The summed E-state index contributed by atoms with van der Waals surface area (Å²) in [6.07, 6.45) is 1.82. The quantitative estimate of drug-likeness (QED) is 0.893. The first-order valence-corrected chi connectivity index (χ1v) is 6.54. The SMILES string of the molecule is CCc1ccc(Cc2cccc(Br)c2O)cc1. The zero-order valence-electron chi connectivity index (χ0n) is 9.78. The fraction of sp³-hybridized carbons (Fsp3) is 0.200. The number of hydrogen-bond donors (Lipinski definition) is 1. The van der Waals surface area contributed by atoms with E-state index in [2.05, 4.69) is 47.1 Å².